The van der Waals surface area contributed by atoms with Crippen LogP contribution in [-0.2, 0) is 38.4 Å². The van der Waals surface area contributed by atoms with Gasteiger partial charge in [-0.25, -0.2) is 4.79 Å². The Kier molecular flexibility index (Phi) is 32.2. The van der Waals surface area contributed by atoms with Gasteiger partial charge in [-0.05, 0) is 180 Å². The number of nitrogens with two attached hydrogens (primary N) is 4. The minimum Gasteiger partial charge on any atom is -0.474 e. The van der Waals surface area contributed by atoms with E-state index in [1.54, 1.807) is 33.3 Å². The number of piperidine rings is 4. The molecule has 4 fully saturated rings. The first kappa shape index (κ1) is 88.0. The van der Waals surface area contributed by atoms with Gasteiger partial charge in [0.2, 0.25) is 23.6 Å². The highest BCUT2D eigenvalue weighted by atomic mass is 16.4. The van der Waals surface area contributed by atoms with Crippen LogP contribution in [0.2, 0.25) is 0 Å². The molecule has 0 unspecified atom stereocenters. The van der Waals surface area contributed by atoms with Gasteiger partial charge in [0.1, 0.15) is 0 Å². The highest BCUT2D eigenvalue weighted by Crippen LogP contribution is 2.37. The predicted octanol–water partition coefficient (Wildman–Crippen LogP) is 7.76. The first-order chi connectivity index (χ1) is 53.8. The average Bonchev–Trinajstić information content (AvgIpc) is 0.814. The Bertz CT molecular complexity index is 4380. The molecule has 33 nitrogen and oxygen atoms in total. The van der Waals surface area contributed by atoms with Gasteiger partial charge in [-0.3, -0.25) is 92.6 Å². The van der Waals surface area contributed by atoms with Gasteiger partial charge in [0.15, 0.2) is 0 Å². The van der Waals surface area contributed by atoms with Gasteiger partial charge in [-0.1, -0.05) is 59.4 Å². The lowest BCUT2D eigenvalue weighted by atomic mass is 9.90. The smallest absolute Gasteiger partial charge is 0.394 e. The molecule has 114 heavy (non-hydrogen) atoms. The minimum atomic E-state index is -1.63. The summed E-state index contributed by atoms with van der Waals surface area (Å²) in [7, 11) is 0. The third-order valence-corrected chi connectivity index (χ3v) is 19.1. The molecule has 8 aromatic rings. The number of hydrogen-bond acceptors (Lipinski definition) is 21. The summed E-state index contributed by atoms with van der Waals surface area (Å²) in [5.41, 5.74) is 29.9. The number of hydrogen-bond donors (Lipinski definition) is 10. The van der Waals surface area contributed by atoms with E-state index in [1.807, 2.05) is 75.6 Å². The summed E-state index contributed by atoms with van der Waals surface area (Å²) in [6, 6.07) is 21.2. The molecule has 4 aliphatic heterocycles. The Morgan fingerprint density at radius 2 is 0.623 bits per heavy atom. The SMILES string of the molecule is C.Cc1ccc([C@@H]2CC[C@@H](C)CN2C(=O)C(=O)Nc2cncc(C(N)=O)c2)cn1.Cc1ccc([C@H]2CC[C@H](C)CN2)cn1.Cc1ccc([C@H]2CC[C@H](C)CN2C(=O)C(=O)Nc2cncc(C(N)=O)c2)cn1.Cc1ccc([C@H]2CC[C@H](C)CN2C(=O)C(=O)Nc2cncc(C(N)=O)c2)cn1.NC(=O)c1cncc(NC(=O)C(=O)O)c1. The molecule has 8 aromatic heterocycles. The normalized spacial score (nSPS) is 18.7. The monoisotopic (exact) mass is 1560 g/mol. The summed E-state index contributed by atoms with van der Waals surface area (Å²) < 4.78 is 0. The van der Waals surface area contributed by atoms with E-state index in [1.165, 1.54) is 92.2 Å². The topological polar surface area (TPSA) is 502 Å². The first-order valence-electron chi connectivity index (χ1n) is 36.6. The fourth-order valence-corrected chi connectivity index (χ4v) is 12.9. The van der Waals surface area contributed by atoms with Gasteiger partial charge < -0.3 is 69.3 Å². The van der Waals surface area contributed by atoms with E-state index in [4.69, 9.17) is 28.0 Å². The van der Waals surface area contributed by atoms with E-state index in [2.05, 4.69) is 101 Å². The van der Waals surface area contributed by atoms with Crippen molar-refractivity contribution in [3.05, 3.63) is 214 Å². The lowest BCUT2D eigenvalue weighted by Gasteiger charge is -2.38. The number of primary amides is 4. The van der Waals surface area contributed by atoms with Crippen LogP contribution in [0.1, 0.15) is 197 Å². The zero-order chi connectivity index (χ0) is 82.2. The Morgan fingerprint density at radius 3 is 0.860 bits per heavy atom. The molecule has 4 saturated heterocycles. The summed E-state index contributed by atoms with van der Waals surface area (Å²) in [4.78, 5) is 179. The molecular weight excluding hydrogens is 1460 g/mol. The Labute approximate surface area is 660 Å². The third kappa shape index (κ3) is 25.7. The van der Waals surface area contributed by atoms with Crippen molar-refractivity contribution in [1.82, 2.24) is 59.9 Å². The second-order valence-electron chi connectivity index (χ2n) is 28.5. The Morgan fingerprint density at radius 1 is 0.360 bits per heavy atom. The number of nitrogens with one attached hydrogen (secondary N) is 5. The first-order valence-corrected chi connectivity index (χ1v) is 36.6. The van der Waals surface area contributed by atoms with Gasteiger partial charge in [0.25, 0.3) is 0 Å². The van der Waals surface area contributed by atoms with Gasteiger partial charge in [-0.15, -0.1) is 0 Å². The maximum atomic E-state index is 12.9. The largest absolute Gasteiger partial charge is 0.474 e. The van der Waals surface area contributed by atoms with Crippen molar-refractivity contribution < 1.29 is 62.6 Å². The zero-order valence-corrected chi connectivity index (χ0v) is 64.0. The number of nitrogens with zero attached hydrogens (tertiary/aromatic N) is 11. The maximum absolute atomic E-state index is 12.9. The lowest BCUT2D eigenvalue weighted by Crippen LogP contribution is -2.46. The van der Waals surface area contributed by atoms with E-state index in [-0.39, 0.29) is 70.6 Å². The van der Waals surface area contributed by atoms with E-state index in [0.717, 1.165) is 90.5 Å². The number of anilines is 4. The summed E-state index contributed by atoms with van der Waals surface area (Å²) in [6.45, 7) is 18.8. The Balaban J connectivity index is 0.000000202. The van der Waals surface area contributed by atoms with Crippen LogP contribution >= 0.6 is 0 Å². The number of rotatable bonds is 12. The average molecular weight is 1560 g/mol. The van der Waals surface area contributed by atoms with Crippen LogP contribution in [0.5, 0.6) is 0 Å². The number of aromatic nitrogens is 8. The van der Waals surface area contributed by atoms with Crippen LogP contribution in [0.3, 0.4) is 0 Å². The second-order valence-corrected chi connectivity index (χ2v) is 28.5. The van der Waals surface area contributed by atoms with E-state index >= 15 is 0 Å². The number of carboxylic acids is 1. The number of carboxylic acid groups (broad SMARTS) is 1. The van der Waals surface area contributed by atoms with E-state index in [9.17, 15) is 57.5 Å². The van der Waals surface area contributed by atoms with E-state index < -0.39 is 70.9 Å². The van der Waals surface area contributed by atoms with Crippen LogP contribution in [0.25, 0.3) is 0 Å². The molecule has 12 heterocycles. The molecule has 4 aliphatic rings. The van der Waals surface area contributed by atoms with Crippen molar-refractivity contribution in [3.63, 3.8) is 0 Å². The zero-order valence-electron chi connectivity index (χ0n) is 64.0. The van der Waals surface area contributed by atoms with Crippen molar-refractivity contribution in [2.24, 2.45) is 46.6 Å². The molecule has 12 rings (SSSR count). The fourth-order valence-electron chi connectivity index (χ4n) is 12.9. The molecular formula is C81H98N20O13. The van der Waals surface area contributed by atoms with Gasteiger partial charge in [0, 0.05) is 98.0 Å². The predicted molar refractivity (Wildman–Crippen MR) is 423 cm³/mol. The Hall–Kier alpha value is -13.2. The number of amides is 11. The number of pyridine rings is 8. The third-order valence-electron chi connectivity index (χ3n) is 19.1. The number of carbonyl (C=O) groups is 12. The summed E-state index contributed by atoms with van der Waals surface area (Å²) in [5, 5.41) is 21.4. The summed E-state index contributed by atoms with van der Waals surface area (Å²) in [5.74, 6) is -8.01. The molecule has 33 heteroatoms. The van der Waals surface area contributed by atoms with Crippen molar-refractivity contribution in [3.8, 4) is 0 Å². The molecule has 14 N–H and O–H groups in total. The lowest BCUT2D eigenvalue weighted by molar-refractivity contribution is -0.147. The van der Waals surface area contributed by atoms with Gasteiger partial charge in [-0.2, -0.15) is 0 Å². The summed E-state index contributed by atoms with van der Waals surface area (Å²) >= 11 is 0. The van der Waals surface area contributed by atoms with Crippen molar-refractivity contribution in [2.75, 3.05) is 47.4 Å². The van der Waals surface area contributed by atoms with Crippen LogP contribution in [0.4, 0.5) is 22.7 Å². The molecule has 0 aliphatic carbocycles. The van der Waals surface area contributed by atoms with Crippen LogP contribution < -0.4 is 49.5 Å². The van der Waals surface area contributed by atoms with Gasteiger partial charge >= 0.3 is 47.3 Å². The minimum absolute atomic E-state index is 0. The number of aliphatic carboxylic acids is 1. The second kappa shape index (κ2) is 41.7. The molecule has 0 spiro atoms. The molecule has 0 saturated carbocycles. The fraction of sp³-hybridized carbons (Fsp3) is 0.358. The standard InChI is InChI=1S/3C20H23N5O3.C12H18N2.C8H7N3O4.CH4/c3*1-12-3-6-17(14-5-4-13(2)23-9-14)25(11-12)20(28)19(27)24-16-7-15(18(21)26)8-22-10-16;1-9-3-6-12(14-7-9)11-5-4-10(2)13-8-11;9-6(12)4-1-5(3-10-2-4)11-7(13)8(14)15;/h3*4-5,7-10,12,17H,3,6,11H2,1-2H3,(H2,21,26)(H,24,27);4-5,8-9,12,14H,3,6-7H2,1-2H3;1-3H,(H2,9,12)(H,11,13)(H,14,15);1H4/t3*12-,17+;9-,12+;;/m1000../s1. The van der Waals surface area contributed by atoms with E-state index in [0.29, 0.717) is 43.4 Å². The van der Waals surface area contributed by atoms with Crippen molar-refractivity contribution in [1.29, 1.82) is 0 Å². The van der Waals surface area contributed by atoms with Crippen LogP contribution in [-0.4, -0.2) is 157 Å². The number of likely N-dealkylation sites (tertiary alicyclic amines) is 3. The van der Waals surface area contributed by atoms with Crippen molar-refractivity contribution >= 4 is 93.7 Å². The molecule has 0 bridgehead atoms. The highest BCUT2D eigenvalue weighted by Gasteiger charge is 2.38. The summed E-state index contributed by atoms with van der Waals surface area (Å²) in [6.07, 6.45) is 25.4. The number of carbonyl (C=O) groups excluding carboxylic acids is 11. The maximum Gasteiger partial charge on any atom is 0.394 e. The number of aryl methyl sites for hydroxylation is 4. The van der Waals surface area contributed by atoms with Crippen LogP contribution in [0.15, 0.2) is 147 Å². The highest BCUT2D eigenvalue weighted by molar-refractivity contribution is 6.41. The molecule has 8 atom stereocenters. The van der Waals surface area contributed by atoms with Crippen molar-refractivity contribution in [2.45, 2.75) is 138 Å². The molecule has 0 radical (unpaired) electrons. The molecule has 0 aromatic carbocycles. The van der Waals surface area contributed by atoms with Crippen LogP contribution in [0, 0.1) is 51.4 Å². The van der Waals surface area contributed by atoms with Gasteiger partial charge in [0.05, 0.1) is 87.9 Å². The molecule has 11 amide bonds. The molecule has 600 valence electrons. The quantitative estimate of drug-likeness (QED) is 0.0522.